The topological polar surface area (TPSA) is 69.8 Å². The first-order valence-electron chi connectivity index (χ1n) is 10.5. The number of methoxy groups -OCH3 is 1. The third kappa shape index (κ3) is 5.86. The van der Waals surface area contributed by atoms with Gasteiger partial charge in [-0.25, -0.2) is 0 Å². The van der Waals surface area contributed by atoms with E-state index in [9.17, 15) is 0 Å². The number of hydrogen-bond acceptors (Lipinski definition) is 7. The Morgan fingerprint density at radius 1 is 1.19 bits per heavy atom. The van der Waals surface area contributed by atoms with Crippen LogP contribution in [0.25, 0.3) is 0 Å². The number of hydrogen-bond donors (Lipinski definition) is 4. The molecule has 4 N–H and O–H groups in total. The highest BCUT2D eigenvalue weighted by molar-refractivity contribution is 4.88. The van der Waals surface area contributed by atoms with Crippen LogP contribution in [0, 0.1) is 5.92 Å². The highest BCUT2D eigenvalue weighted by Gasteiger charge is 2.33. The van der Waals surface area contributed by atoms with E-state index < -0.39 is 0 Å². The van der Waals surface area contributed by atoms with Gasteiger partial charge in [0.2, 0.25) is 0 Å². The zero-order chi connectivity index (χ0) is 18.4. The van der Waals surface area contributed by atoms with Crippen molar-refractivity contribution in [2.24, 2.45) is 5.92 Å². The SMILES string of the molecule is CNC1CCNC(NC2CCC(OC)C(OC[C@H](C)CN3CCC3)C2)N1. The van der Waals surface area contributed by atoms with Crippen molar-refractivity contribution < 1.29 is 9.47 Å². The van der Waals surface area contributed by atoms with Crippen LogP contribution in [0.15, 0.2) is 0 Å². The minimum absolute atomic E-state index is 0.163. The minimum atomic E-state index is 0.163. The van der Waals surface area contributed by atoms with E-state index in [2.05, 4.69) is 33.1 Å². The fourth-order valence-corrected chi connectivity index (χ4v) is 4.33. The summed E-state index contributed by atoms with van der Waals surface area (Å²) in [5, 5.41) is 14.1. The van der Waals surface area contributed by atoms with Crippen LogP contribution in [0.5, 0.6) is 0 Å². The van der Waals surface area contributed by atoms with Crippen molar-refractivity contribution in [2.45, 2.75) is 69.7 Å². The maximum Gasteiger partial charge on any atom is 0.113 e. The molecule has 0 radical (unpaired) electrons. The number of rotatable bonds is 9. The molecule has 3 aliphatic rings. The molecule has 0 aromatic carbocycles. The Morgan fingerprint density at radius 3 is 2.73 bits per heavy atom. The Kier molecular flexibility index (Phi) is 8.11. The predicted molar refractivity (Wildman–Crippen MR) is 104 cm³/mol. The Hall–Kier alpha value is -0.280. The van der Waals surface area contributed by atoms with Crippen LogP contribution in [-0.4, -0.2) is 82.5 Å². The molecule has 1 saturated carbocycles. The summed E-state index contributed by atoms with van der Waals surface area (Å²) in [5.74, 6) is 0.583. The molecule has 3 rings (SSSR count). The summed E-state index contributed by atoms with van der Waals surface area (Å²) >= 11 is 0. The van der Waals surface area contributed by atoms with Crippen molar-refractivity contribution in [3.05, 3.63) is 0 Å². The number of nitrogens with zero attached hydrogens (tertiary/aromatic N) is 1. The van der Waals surface area contributed by atoms with Crippen LogP contribution in [0.2, 0.25) is 0 Å². The van der Waals surface area contributed by atoms with Gasteiger partial charge in [-0.15, -0.1) is 0 Å². The van der Waals surface area contributed by atoms with Crippen LogP contribution in [-0.2, 0) is 9.47 Å². The van der Waals surface area contributed by atoms with Gasteiger partial charge in [0.05, 0.1) is 25.0 Å². The van der Waals surface area contributed by atoms with Gasteiger partial charge in [-0.05, 0) is 58.2 Å². The summed E-state index contributed by atoms with van der Waals surface area (Å²) < 4.78 is 12.1. The summed E-state index contributed by atoms with van der Waals surface area (Å²) in [4.78, 5) is 2.52. The molecule has 1 aliphatic carbocycles. The zero-order valence-corrected chi connectivity index (χ0v) is 16.8. The van der Waals surface area contributed by atoms with Crippen molar-refractivity contribution in [1.29, 1.82) is 0 Å². The molecule has 7 heteroatoms. The summed E-state index contributed by atoms with van der Waals surface area (Å²) in [7, 11) is 3.83. The van der Waals surface area contributed by atoms with Gasteiger partial charge in [0, 0.05) is 26.2 Å². The molecule has 3 fully saturated rings. The van der Waals surface area contributed by atoms with Gasteiger partial charge >= 0.3 is 0 Å². The van der Waals surface area contributed by atoms with E-state index in [4.69, 9.17) is 9.47 Å². The number of likely N-dealkylation sites (tertiary alicyclic amines) is 1. The zero-order valence-electron chi connectivity index (χ0n) is 16.8. The molecule has 0 aromatic rings. The van der Waals surface area contributed by atoms with Gasteiger partial charge in [0.1, 0.15) is 6.29 Å². The van der Waals surface area contributed by atoms with Crippen molar-refractivity contribution in [3.8, 4) is 0 Å². The molecule has 0 amide bonds. The van der Waals surface area contributed by atoms with Gasteiger partial charge in [-0.3, -0.25) is 16.0 Å². The highest BCUT2D eigenvalue weighted by atomic mass is 16.5. The summed E-state index contributed by atoms with van der Waals surface area (Å²) in [6, 6.07) is 0.456. The number of ether oxygens (including phenoxy) is 2. The summed E-state index contributed by atoms with van der Waals surface area (Å²) in [6.07, 6.45) is 6.61. The second-order valence-electron chi connectivity index (χ2n) is 8.27. The van der Waals surface area contributed by atoms with E-state index in [1.54, 1.807) is 0 Å². The van der Waals surface area contributed by atoms with E-state index in [0.29, 0.717) is 18.1 Å². The largest absolute Gasteiger partial charge is 0.379 e. The van der Waals surface area contributed by atoms with Crippen LogP contribution in [0.3, 0.4) is 0 Å². The standard InChI is InChI=1S/C19H39N5O2/c1-14(12-24-9-4-10-24)13-26-17-11-15(5-6-16(17)25-3)22-19-21-8-7-18(20-2)23-19/h14-23H,4-13H2,1-3H3/t14-,15?,16?,17?,18?,19?/m1/s1. The summed E-state index contributed by atoms with van der Waals surface area (Å²) in [6.45, 7) is 7.83. The van der Waals surface area contributed by atoms with E-state index in [-0.39, 0.29) is 18.5 Å². The van der Waals surface area contributed by atoms with Gasteiger partial charge < -0.3 is 19.7 Å². The normalized spacial score (nSPS) is 37.3. The molecule has 6 atom stereocenters. The molecule has 5 unspecified atom stereocenters. The molecular weight excluding hydrogens is 330 g/mol. The Bertz CT molecular complexity index is 409. The van der Waals surface area contributed by atoms with Crippen molar-refractivity contribution >= 4 is 0 Å². The van der Waals surface area contributed by atoms with Crippen molar-refractivity contribution in [3.63, 3.8) is 0 Å². The molecule has 0 spiro atoms. The molecule has 2 aliphatic heterocycles. The molecule has 7 nitrogen and oxygen atoms in total. The lowest BCUT2D eigenvalue weighted by Gasteiger charge is -2.40. The third-order valence-electron chi connectivity index (χ3n) is 6.05. The fourth-order valence-electron chi connectivity index (χ4n) is 4.33. The minimum Gasteiger partial charge on any atom is -0.379 e. The Balaban J connectivity index is 1.43. The van der Waals surface area contributed by atoms with Crippen LogP contribution in [0.1, 0.15) is 39.0 Å². The van der Waals surface area contributed by atoms with E-state index in [1.807, 2.05) is 14.2 Å². The van der Waals surface area contributed by atoms with Crippen molar-refractivity contribution in [2.75, 3.05) is 46.9 Å². The van der Waals surface area contributed by atoms with Crippen LogP contribution >= 0.6 is 0 Å². The first-order valence-corrected chi connectivity index (χ1v) is 10.5. The average molecular weight is 370 g/mol. The first-order chi connectivity index (χ1) is 12.7. The van der Waals surface area contributed by atoms with Gasteiger partial charge in [0.25, 0.3) is 0 Å². The molecule has 2 saturated heterocycles. The summed E-state index contributed by atoms with van der Waals surface area (Å²) in [5.41, 5.74) is 0. The maximum atomic E-state index is 6.33. The molecule has 152 valence electrons. The quantitative estimate of drug-likeness (QED) is 0.465. The molecule has 0 bridgehead atoms. The van der Waals surface area contributed by atoms with Crippen LogP contribution < -0.4 is 21.3 Å². The van der Waals surface area contributed by atoms with Gasteiger partial charge in [-0.2, -0.15) is 0 Å². The Morgan fingerprint density at radius 2 is 2.04 bits per heavy atom. The van der Waals surface area contributed by atoms with Crippen molar-refractivity contribution in [1.82, 2.24) is 26.2 Å². The van der Waals surface area contributed by atoms with E-state index >= 15 is 0 Å². The molecule has 26 heavy (non-hydrogen) atoms. The van der Waals surface area contributed by atoms with Crippen LogP contribution in [0.4, 0.5) is 0 Å². The van der Waals surface area contributed by atoms with Gasteiger partial charge in [-0.1, -0.05) is 6.92 Å². The third-order valence-corrected chi connectivity index (χ3v) is 6.05. The lowest BCUT2D eigenvalue weighted by atomic mass is 9.90. The smallest absolute Gasteiger partial charge is 0.113 e. The lowest BCUT2D eigenvalue weighted by molar-refractivity contribution is -0.0932. The predicted octanol–water partition coefficient (Wildman–Crippen LogP) is 0.283. The second kappa shape index (κ2) is 10.3. The fraction of sp³-hybridized carbons (Fsp3) is 1.00. The maximum absolute atomic E-state index is 6.33. The monoisotopic (exact) mass is 369 g/mol. The van der Waals surface area contributed by atoms with E-state index in [1.165, 1.54) is 19.5 Å². The lowest BCUT2D eigenvalue weighted by Crippen LogP contribution is -2.66. The molecular formula is C19H39N5O2. The first kappa shape index (κ1) is 20.5. The van der Waals surface area contributed by atoms with E-state index in [0.717, 1.165) is 45.4 Å². The second-order valence-corrected chi connectivity index (χ2v) is 8.27. The molecule has 0 aromatic heterocycles. The average Bonchev–Trinajstić information content (AvgIpc) is 2.63. The highest BCUT2D eigenvalue weighted by Crippen LogP contribution is 2.25. The van der Waals surface area contributed by atoms with Gasteiger partial charge in [0.15, 0.2) is 0 Å². The molecule has 2 heterocycles. The number of nitrogens with one attached hydrogen (secondary N) is 4. The Labute approximate surface area is 158 Å².